The molecule has 18 heavy (non-hydrogen) atoms. The van der Waals surface area contributed by atoms with E-state index in [0.29, 0.717) is 5.41 Å². The highest BCUT2D eigenvalue weighted by Crippen LogP contribution is 2.32. The van der Waals surface area contributed by atoms with E-state index in [1.165, 1.54) is 58.2 Å². The largest absolute Gasteiger partial charge is 0.381 e. The van der Waals surface area contributed by atoms with Crippen LogP contribution in [0.25, 0.3) is 0 Å². The van der Waals surface area contributed by atoms with Crippen molar-refractivity contribution in [2.24, 2.45) is 5.41 Å². The van der Waals surface area contributed by atoms with Crippen molar-refractivity contribution in [1.29, 1.82) is 0 Å². The molecular formula is C15H30N2O. The minimum absolute atomic E-state index is 0.462. The standard InChI is InChI=1S/C15H30N2O/c1-3-4-9-17(2)13-15(7-10-18-11-8-15)12-16-14-5-6-14/h14,16H,3-13H2,1-2H3. The summed E-state index contributed by atoms with van der Waals surface area (Å²) >= 11 is 0. The topological polar surface area (TPSA) is 24.5 Å². The number of nitrogens with zero attached hydrogens (tertiary/aromatic N) is 1. The minimum atomic E-state index is 0.462. The van der Waals surface area contributed by atoms with E-state index in [2.05, 4.69) is 24.2 Å². The summed E-state index contributed by atoms with van der Waals surface area (Å²) in [6.07, 6.45) is 7.84. The van der Waals surface area contributed by atoms with Crippen LogP contribution in [-0.4, -0.2) is 50.8 Å². The van der Waals surface area contributed by atoms with E-state index >= 15 is 0 Å². The molecule has 1 heterocycles. The first kappa shape index (κ1) is 14.3. The van der Waals surface area contributed by atoms with Gasteiger partial charge in [0.15, 0.2) is 0 Å². The van der Waals surface area contributed by atoms with Crippen molar-refractivity contribution in [2.45, 2.75) is 51.5 Å². The van der Waals surface area contributed by atoms with Gasteiger partial charge < -0.3 is 15.0 Å². The molecule has 2 rings (SSSR count). The number of hydrogen-bond acceptors (Lipinski definition) is 3. The summed E-state index contributed by atoms with van der Waals surface area (Å²) in [4.78, 5) is 2.53. The van der Waals surface area contributed by atoms with Gasteiger partial charge in [0.1, 0.15) is 0 Å². The Hall–Kier alpha value is -0.120. The summed E-state index contributed by atoms with van der Waals surface area (Å²) in [6.45, 7) is 7.84. The van der Waals surface area contributed by atoms with Gasteiger partial charge >= 0.3 is 0 Å². The van der Waals surface area contributed by atoms with E-state index in [1.54, 1.807) is 0 Å². The van der Waals surface area contributed by atoms with Crippen molar-refractivity contribution in [3.05, 3.63) is 0 Å². The molecule has 0 atom stereocenters. The zero-order chi connectivity index (χ0) is 12.8. The molecule has 1 saturated heterocycles. The fourth-order valence-corrected chi connectivity index (χ4v) is 2.92. The molecule has 0 aromatic rings. The van der Waals surface area contributed by atoms with Gasteiger partial charge in [-0.2, -0.15) is 0 Å². The first-order chi connectivity index (χ1) is 8.74. The van der Waals surface area contributed by atoms with Crippen LogP contribution in [-0.2, 0) is 4.74 Å². The maximum atomic E-state index is 5.56. The monoisotopic (exact) mass is 254 g/mol. The van der Waals surface area contributed by atoms with Crippen molar-refractivity contribution in [3.63, 3.8) is 0 Å². The molecule has 2 fully saturated rings. The molecule has 3 heteroatoms. The second-order valence-electron chi connectivity index (χ2n) is 6.36. The third-order valence-electron chi connectivity index (χ3n) is 4.40. The Morgan fingerprint density at radius 3 is 2.61 bits per heavy atom. The van der Waals surface area contributed by atoms with Crippen LogP contribution < -0.4 is 5.32 Å². The van der Waals surface area contributed by atoms with Crippen LogP contribution in [0.15, 0.2) is 0 Å². The molecule has 1 saturated carbocycles. The van der Waals surface area contributed by atoms with Crippen molar-refractivity contribution >= 4 is 0 Å². The van der Waals surface area contributed by atoms with E-state index in [9.17, 15) is 0 Å². The van der Waals surface area contributed by atoms with Crippen molar-refractivity contribution in [2.75, 3.05) is 39.9 Å². The summed E-state index contributed by atoms with van der Waals surface area (Å²) in [5.41, 5.74) is 0.462. The predicted molar refractivity (Wildman–Crippen MR) is 75.9 cm³/mol. The Balaban J connectivity index is 1.81. The Labute approximate surface area is 112 Å². The molecule has 106 valence electrons. The fourth-order valence-electron chi connectivity index (χ4n) is 2.92. The van der Waals surface area contributed by atoms with E-state index < -0.39 is 0 Å². The zero-order valence-corrected chi connectivity index (χ0v) is 12.2. The highest BCUT2D eigenvalue weighted by atomic mass is 16.5. The fraction of sp³-hybridized carbons (Fsp3) is 1.00. The van der Waals surface area contributed by atoms with Crippen molar-refractivity contribution in [1.82, 2.24) is 10.2 Å². The summed E-state index contributed by atoms with van der Waals surface area (Å²) in [5.74, 6) is 0. The van der Waals surface area contributed by atoms with Crippen LogP contribution in [0.4, 0.5) is 0 Å². The quantitative estimate of drug-likeness (QED) is 0.719. The zero-order valence-electron chi connectivity index (χ0n) is 12.2. The number of ether oxygens (including phenoxy) is 1. The molecule has 0 aromatic carbocycles. The van der Waals surface area contributed by atoms with Gasteiger partial charge in [-0.1, -0.05) is 13.3 Å². The summed E-state index contributed by atoms with van der Waals surface area (Å²) in [7, 11) is 2.28. The van der Waals surface area contributed by atoms with Crippen molar-refractivity contribution < 1.29 is 4.74 Å². The van der Waals surface area contributed by atoms with E-state index in [1.807, 2.05) is 0 Å². The van der Waals surface area contributed by atoms with Gasteiger partial charge in [0.25, 0.3) is 0 Å². The first-order valence-corrected chi connectivity index (χ1v) is 7.74. The lowest BCUT2D eigenvalue weighted by Crippen LogP contribution is -2.47. The lowest BCUT2D eigenvalue weighted by atomic mass is 9.79. The Morgan fingerprint density at radius 2 is 2.00 bits per heavy atom. The molecular weight excluding hydrogens is 224 g/mol. The maximum absolute atomic E-state index is 5.56. The van der Waals surface area contributed by atoms with Gasteiger partial charge in [0.2, 0.25) is 0 Å². The Kier molecular flexibility index (Phi) is 5.46. The smallest absolute Gasteiger partial charge is 0.0472 e. The Morgan fingerprint density at radius 1 is 1.28 bits per heavy atom. The summed E-state index contributed by atoms with van der Waals surface area (Å²) in [6, 6.07) is 0.825. The second-order valence-corrected chi connectivity index (χ2v) is 6.36. The number of unbranched alkanes of at least 4 members (excludes halogenated alkanes) is 1. The first-order valence-electron chi connectivity index (χ1n) is 7.74. The van der Waals surface area contributed by atoms with Crippen LogP contribution in [0.1, 0.15) is 45.4 Å². The molecule has 2 aliphatic rings. The van der Waals surface area contributed by atoms with Crippen LogP contribution in [0, 0.1) is 5.41 Å². The third-order valence-corrected chi connectivity index (χ3v) is 4.40. The average molecular weight is 254 g/mol. The molecule has 0 radical (unpaired) electrons. The minimum Gasteiger partial charge on any atom is -0.381 e. The Bertz CT molecular complexity index is 235. The second kappa shape index (κ2) is 6.88. The normalized spacial score (nSPS) is 23.5. The van der Waals surface area contributed by atoms with Crippen LogP contribution in [0.2, 0.25) is 0 Å². The molecule has 1 N–H and O–H groups in total. The molecule has 1 aliphatic carbocycles. The van der Waals surface area contributed by atoms with Crippen molar-refractivity contribution in [3.8, 4) is 0 Å². The van der Waals surface area contributed by atoms with E-state index in [-0.39, 0.29) is 0 Å². The van der Waals surface area contributed by atoms with E-state index in [0.717, 1.165) is 19.3 Å². The average Bonchev–Trinajstić information content (AvgIpc) is 3.19. The van der Waals surface area contributed by atoms with Crippen LogP contribution in [0.3, 0.4) is 0 Å². The van der Waals surface area contributed by atoms with Crippen LogP contribution in [0.5, 0.6) is 0 Å². The lowest BCUT2D eigenvalue weighted by Gasteiger charge is -2.40. The predicted octanol–water partition coefficient (Wildman–Crippen LogP) is 2.27. The highest BCUT2D eigenvalue weighted by molar-refractivity contribution is 4.90. The van der Waals surface area contributed by atoms with Gasteiger partial charge in [-0.15, -0.1) is 0 Å². The van der Waals surface area contributed by atoms with Gasteiger partial charge in [0, 0.05) is 32.3 Å². The molecule has 1 aliphatic heterocycles. The van der Waals surface area contributed by atoms with Gasteiger partial charge in [-0.3, -0.25) is 0 Å². The van der Waals surface area contributed by atoms with Gasteiger partial charge in [-0.05, 0) is 51.1 Å². The van der Waals surface area contributed by atoms with E-state index in [4.69, 9.17) is 4.74 Å². The molecule has 0 bridgehead atoms. The summed E-state index contributed by atoms with van der Waals surface area (Å²) in [5, 5.41) is 3.75. The molecule has 3 nitrogen and oxygen atoms in total. The number of hydrogen-bond donors (Lipinski definition) is 1. The lowest BCUT2D eigenvalue weighted by molar-refractivity contribution is -0.000888. The molecule has 0 spiro atoms. The van der Waals surface area contributed by atoms with Crippen LogP contribution >= 0.6 is 0 Å². The number of rotatable bonds is 8. The SMILES string of the molecule is CCCCN(C)CC1(CNC2CC2)CCOCC1. The van der Waals surface area contributed by atoms with Gasteiger partial charge in [0.05, 0.1) is 0 Å². The third kappa shape index (κ3) is 4.52. The highest BCUT2D eigenvalue weighted by Gasteiger charge is 2.35. The molecule has 0 amide bonds. The maximum Gasteiger partial charge on any atom is 0.0472 e. The molecule has 0 aromatic heterocycles. The molecule has 0 unspecified atom stereocenters. The summed E-state index contributed by atoms with van der Waals surface area (Å²) < 4.78 is 5.56. The number of nitrogens with one attached hydrogen (secondary N) is 1. The van der Waals surface area contributed by atoms with Gasteiger partial charge in [-0.25, -0.2) is 0 Å².